The third kappa shape index (κ3) is 8.21. The number of guanidine groups is 1. The SMILES string of the molecule is CN=C(NCCC(C)C)NCC(C)(C)N1CCOCC1.I. The molecule has 126 valence electrons. The standard InChI is InChI=1S/C15H32N4O.HI/c1-13(2)6-7-17-14(16-5)18-12-15(3,4)19-8-10-20-11-9-19;/h13H,6-12H2,1-5H3,(H2,16,17,18);1H. The maximum absolute atomic E-state index is 5.42. The first-order chi connectivity index (χ1) is 9.45. The molecule has 1 rings (SSSR count). The van der Waals surface area contributed by atoms with Crippen LogP contribution in [-0.4, -0.2) is 62.8 Å². The van der Waals surface area contributed by atoms with Gasteiger partial charge in [0.15, 0.2) is 5.96 Å². The Bertz CT molecular complexity index is 302. The summed E-state index contributed by atoms with van der Waals surface area (Å²) in [4.78, 5) is 6.76. The molecule has 2 N–H and O–H groups in total. The molecule has 0 radical (unpaired) electrons. The Morgan fingerprint density at radius 3 is 2.38 bits per heavy atom. The van der Waals surface area contributed by atoms with Crippen LogP contribution in [-0.2, 0) is 4.74 Å². The van der Waals surface area contributed by atoms with E-state index < -0.39 is 0 Å². The molecule has 1 saturated heterocycles. The summed E-state index contributed by atoms with van der Waals surface area (Å²) in [5, 5.41) is 6.81. The summed E-state index contributed by atoms with van der Waals surface area (Å²) >= 11 is 0. The van der Waals surface area contributed by atoms with Crippen molar-refractivity contribution in [2.75, 3.05) is 46.4 Å². The minimum absolute atomic E-state index is 0. The molecule has 0 bridgehead atoms. The zero-order chi connectivity index (χ0) is 15.0. The number of nitrogens with zero attached hydrogens (tertiary/aromatic N) is 2. The smallest absolute Gasteiger partial charge is 0.191 e. The highest BCUT2D eigenvalue weighted by molar-refractivity contribution is 14.0. The van der Waals surface area contributed by atoms with Gasteiger partial charge in [-0.2, -0.15) is 0 Å². The lowest BCUT2D eigenvalue weighted by Crippen LogP contribution is -2.56. The van der Waals surface area contributed by atoms with E-state index in [0.717, 1.165) is 51.8 Å². The van der Waals surface area contributed by atoms with Gasteiger partial charge in [0.25, 0.3) is 0 Å². The van der Waals surface area contributed by atoms with Crippen LogP contribution in [0.5, 0.6) is 0 Å². The lowest BCUT2D eigenvalue weighted by atomic mass is 10.0. The highest BCUT2D eigenvalue weighted by Crippen LogP contribution is 2.14. The predicted molar refractivity (Wildman–Crippen MR) is 101 cm³/mol. The van der Waals surface area contributed by atoms with Gasteiger partial charge in [-0.3, -0.25) is 9.89 Å². The van der Waals surface area contributed by atoms with E-state index in [1.54, 1.807) is 0 Å². The Labute approximate surface area is 147 Å². The van der Waals surface area contributed by atoms with Crippen molar-refractivity contribution in [3.05, 3.63) is 0 Å². The summed E-state index contributed by atoms with van der Waals surface area (Å²) in [7, 11) is 1.83. The van der Waals surface area contributed by atoms with Gasteiger partial charge in [-0.15, -0.1) is 24.0 Å². The van der Waals surface area contributed by atoms with Crippen LogP contribution >= 0.6 is 24.0 Å². The first kappa shape index (κ1) is 20.9. The molecule has 6 heteroatoms. The minimum Gasteiger partial charge on any atom is -0.379 e. The molecule has 0 aromatic heterocycles. The largest absolute Gasteiger partial charge is 0.379 e. The quantitative estimate of drug-likeness (QED) is 0.398. The third-order valence-corrected chi connectivity index (χ3v) is 3.79. The first-order valence-electron chi connectivity index (χ1n) is 7.73. The molecular formula is C15H33IN4O. The average molecular weight is 412 g/mol. The number of ether oxygens (including phenoxy) is 1. The van der Waals surface area contributed by atoms with Crippen LogP contribution in [0.4, 0.5) is 0 Å². The van der Waals surface area contributed by atoms with Crippen molar-refractivity contribution in [2.24, 2.45) is 10.9 Å². The van der Waals surface area contributed by atoms with Gasteiger partial charge in [-0.25, -0.2) is 0 Å². The summed E-state index contributed by atoms with van der Waals surface area (Å²) in [6, 6.07) is 0. The summed E-state index contributed by atoms with van der Waals surface area (Å²) in [5.74, 6) is 1.61. The van der Waals surface area contributed by atoms with Crippen molar-refractivity contribution >= 4 is 29.9 Å². The predicted octanol–water partition coefficient (Wildman–Crippen LogP) is 1.93. The Kier molecular flexibility index (Phi) is 10.6. The Hall–Kier alpha value is -0.0800. The maximum Gasteiger partial charge on any atom is 0.191 e. The van der Waals surface area contributed by atoms with Crippen molar-refractivity contribution in [1.82, 2.24) is 15.5 Å². The fraction of sp³-hybridized carbons (Fsp3) is 0.933. The number of rotatable bonds is 6. The number of hydrogen-bond acceptors (Lipinski definition) is 3. The highest BCUT2D eigenvalue weighted by Gasteiger charge is 2.28. The van der Waals surface area contributed by atoms with Crippen LogP contribution in [0, 0.1) is 5.92 Å². The van der Waals surface area contributed by atoms with E-state index in [-0.39, 0.29) is 29.5 Å². The minimum atomic E-state index is 0. The number of aliphatic imine (C=N–C) groups is 1. The molecular weight excluding hydrogens is 379 g/mol. The Morgan fingerprint density at radius 1 is 1.24 bits per heavy atom. The fourth-order valence-corrected chi connectivity index (χ4v) is 2.28. The summed E-state index contributed by atoms with van der Waals surface area (Å²) in [6.45, 7) is 14.6. The van der Waals surface area contributed by atoms with Gasteiger partial charge in [0.1, 0.15) is 0 Å². The summed E-state index contributed by atoms with van der Waals surface area (Å²) in [6.07, 6.45) is 1.16. The lowest BCUT2D eigenvalue weighted by Gasteiger charge is -2.41. The van der Waals surface area contributed by atoms with Gasteiger partial charge in [0.05, 0.1) is 13.2 Å². The first-order valence-corrected chi connectivity index (χ1v) is 7.73. The van der Waals surface area contributed by atoms with Gasteiger partial charge in [-0.1, -0.05) is 13.8 Å². The molecule has 1 aliphatic heterocycles. The second-order valence-corrected chi connectivity index (χ2v) is 6.45. The second kappa shape index (κ2) is 10.6. The van der Waals surface area contributed by atoms with E-state index >= 15 is 0 Å². The molecule has 21 heavy (non-hydrogen) atoms. The summed E-state index contributed by atoms with van der Waals surface area (Å²) < 4.78 is 5.42. The van der Waals surface area contributed by atoms with Crippen molar-refractivity contribution in [2.45, 2.75) is 39.7 Å². The molecule has 0 aromatic rings. The molecule has 1 aliphatic rings. The van der Waals surface area contributed by atoms with Crippen molar-refractivity contribution < 1.29 is 4.74 Å². The molecule has 1 fully saturated rings. The van der Waals surface area contributed by atoms with Crippen LogP contribution in [0.3, 0.4) is 0 Å². The second-order valence-electron chi connectivity index (χ2n) is 6.45. The van der Waals surface area contributed by atoms with E-state index in [0.29, 0.717) is 5.92 Å². The van der Waals surface area contributed by atoms with Crippen LogP contribution in [0.1, 0.15) is 34.1 Å². The van der Waals surface area contributed by atoms with Gasteiger partial charge in [0.2, 0.25) is 0 Å². The van der Waals surface area contributed by atoms with Crippen molar-refractivity contribution in [3.63, 3.8) is 0 Å². The molecule has 1 heterocycles. The monoisotopic (exact) mass is 412 g/mol. The van der Waals surface area contributed by atoms with E-state index in [1.807, 2.05) is 7.05 Å². The van der Waals surface area contributed by atoms with Gasteiger partial charge >= 0.3 is 0 Å². The normalized spacial score (nSPS) is 17.5. The molecule has 0 aromatic carbocycles. The zero-order valence-electron chi connectivity index (χ0n) is 14.2. The van der Waals surface area contributed by atoms with Gasteiger partial charge < -0.3 is 15.4 Å². The van der Waals surface area contributed by atoms with Gasteiger partial charge in [0, 0.05) is 38.8 Å². The molecule has 0 amide bonds. The molecule has 0 aliphatic carbocycles. The zero-order valence-corrected chi connectivity index (χ0v) is 16.6. The summed E-state index contributed by atoms with van der Waals surface area (Å²) in [5.41, 5.74) is 0.111. The third-order valence-electron chi connectivity index (χ3n) is 3.79. The molecule has 0 spiro atoms. The van der Waals surface area contributed by atoms with E-state index in [2.05, 4.69) is 48.2 Å². The lowest BCUT2D eigenvalue weighted by molar-refractivity contribution is -0.00834. The van der Waals surface area contributed by atoms with Gasteiger partial charge in [-0.05, 0) is 26.2 Å². The van der Waals surface area contributed by atoms with Crippen LogP contribution < -0.4 is 10.6 Å². The van der Waals surface area contributed by atoms with Crippen molar-refractivity contribution in [1.29, 1.82) is 0 Å². The van der Waals surface area contributed by atoms with E-state index in [1.165, 1.54) is 0 Å². The Morgan fingerprint density at radius 2 is 1.86 bits per heavy atom. The fourth-order valence-electron chi connectivity index (χ4n) is 2.28. The number of nitrogens with one attached hydrogen (secondary N) is 2. The van der Waals surface area contributed by atoms with E-state index in [4.69, 9.17) is 4.74 Å². The Balaban J connectivity index is 0.00000400. The molecule has 5 nitrogen and oxygen atoms in total. The molecule has 0 atom stereocenters. The number of hydrogen-bond donors (Lipinski definition) is 2. The molecule has 0 saturated carbocycles. The van der Waals surface area contributed by atoms with Crippen molar-refractivity contribution in [3.8, 4) is 0 Å². The van der Waals surface area contributed by atoms with Crippen LogP contribution in [0.25, 0.3) is 0 Å². The topological polar surface area (TPSA) is 48.9 Å². The highest BCUT2D eigenvalue weighted by atomic mass is 127. The van der Waals surface area contributed by atoms with Crippen LogP contribution in [0.15, 0.2) is 4.99 Å². The van der Waals surface area contributed by atoms with E-state index in [9.17, 15) is 0 Å². The van der Waals surface area contributed by atoms with Crippen LogP contribution in [0.2, 0.25) is 0 Å². The molecule has 0 unspecified atom stereocenters. The number of halogens is 1. The maximum atomic E-state index is 5.42. The average Bonchev–Trinajstić information content (AvgIpc) is 2.43. The number of morpholine rings is 1.